The number of fused-ring (bicyclic) bond motifs is 3. The maximum atomic E-state index is 10.7. The van der Waals surface area contributed by atoms with Crippen molar-refractivity contribution in [1.29, 1.82) is 0 Å². The first-order chi connectivity index (χ1) is 10.1. The van der Waals surface area contributed by atoms with Crippen molar-refractivity contribution in [3.63, 3.8) is 0 Å². The van der Waals surface area contributed by atoms with E-state index in [0.717, 1.165) is 6.42 Å². The summed E-state index contributed by atoms with van der Waals surface area (Å²) in [6.07, 6.45) is 1.11. The number of alkyl halides is 3. The number of hydrogen-bond donors (Lipinski definition) is 1. The summed E-state index contributed by atoms with van der Waals surface area (Å²) >= 11 is 0. The second kappa shape index (κ2) is 5.73. The molecule has 0 saturated heterocycles. The van der Waals surface area contributed by atoms with Crippen molar-refractivity contribution in [2.45, 2.75) is 18.9 Å². The van der Waals surface area contributed by atoms with Crippen molar-refractivity contribution >= 4 is 10.1 Å². The molecule has 0 unspecified atom stereocenters. The van der Waals surface area contributed by atoms with E-state index >= 15 is 0 Å². The van der Waals surface area contributed by atoms with E-state index in [1.54, 1.807) is 0 Å². The largest absolute Gasteiger partial charge is 0.522 e. The summed E-state index contributed by atoms with van der Waals surface area (Å²) in [5.74, 6) is 0. The van der Waals surface area contributed by atoms with Gasteiger partial charge >= 0.3 is 15.6 Å². The predicted molar refractivity (Wildman–Crippen MR) is 77.0 cm³/mol. The molecule has 118 valence electrons. The Morgan fingerprint density at radius 2 is 1.55 bits per heavy atom. The van der Waals surface area contributed by atoms with Crippen molar-refractivity contribution in [2.75, 3.05) is 0 Å². The molecule has 1 aliphatic rings. The van der Waals surface area contributed by atoms with Gasteiger partial charge < -0.3 is 0 Å². The molecule has 0 heterocycles. The molecule has 0 radical (unpaired) electrons. The fourth-order valence-corrected chi connectivity index (χ4v) is 2.32. The lowest BCUT2D eigenvalue weighted by Crippen LogP contribution is -2.21. The van der Waals surface area contributed by atoms with Gasteiger partial charge in [-0.25, -0.2) is 0 Å². The highest BCUT2D eigenvalue weighted by Crippen LogP contribution is 2.37. The molecule has 0 bridgehead atoms. The van der Waals surface area contributed by atoms with Crippen LogP contribution in [0.4, 0.5) is 13.2 Å². The van der Waals surface area contributed by atoms with Gasteiger partial charge in [-0.3, -0.25) is 4.55 Å². The Morgan fingerprint density at radius 1 is 1.00 bits per heavy atom. The van der Waals surface area contributed by atoms with Crippen LogP contribution in [0.15, 0.2) is 42.5 Å². The normalized spacial score (nSPS) is 13.0. The maximum absolute atomic E-state index is 10.7. The Morgan fingerprint density at radius 3 is 2.14 bits per heavy atom. The monoisotopic (exact) mass is 330 g/mol. The zero-order chi connectivity index (χ0) is 16.5. The molecule has 0 aliphatic heterocycles. The smallest absolute Gasteiger partial charge is 0.279 e. The van der Waals surface area contributed by atoms with Gasteiger partial charge in [0.2, 0.25) is 0 Å². The second-order valence-electron chi connectivity index (χ2n) is 4.86. The Kier molecular flexibility index (Phi) is 4.30. The summed E-state index contributed by atoms with van der Waals surface area (Å²) in [7, 11) is -5.84. The van der Waals surface area contributed by atoms with Gasteiger partial charge in [0.05, 0.1) is 0 Å². The van der Waals surface area contributed by atoms with Gasteiger partial charge in [0, 0.05) is 0 Å². The Labute approximate surface area is 126 Å². The van der Waals surface area contributed by atoms with E-state index < -0.39 is 15.6 Å². The van der Waals surface area contributed by atoms with Crippen LogP contribution < -0.4 is 0 Å². The van der Waals surface area contributed by atoms with Crippen LogP contribution in [0.3, 0.4) is 0 Å². The zero-order valence-electron chi connectivity index (χ0n) is 11.6. The van der Waals surface area contributed by atoms with Gasteiger partial charge in [0.15, 0.2) is 0 Å². The summed E-state index contributed by atoms with van der Waals surface area (Å²) in [4.78, 5) is 0. The molecule has 0 atom stereocenters. The number of halogens is 3. The highest BCUT2D eigenvalue weighted by atomic mass is 32.2. The average molecular weight is 330 g/mol. The minimum absolute atomic E-state index is 1.11. The van der Waals surface area contributed by atoms with E-state index in [1.807, 2.05) is 0 Å². The molecule has 1 N–H and O–H groups in total. The van der Waals surface area contributed by atoms with Gasteiger partial charge in [-0.1, -0.05) is 42.5 Å². The van der Waals surface area contributed by atoms with Gasteiger partial charge in [-0.2, -0.15) is 21.6 Å². The third-order valence-corrected chi connectivity index (χ3v) is 3.96. The summed E-state index contributed by atoms with van der Waals surface area (Å²) < 4.78 is 57.5. The van der Waals surface area contributed by atoms with Crippen LogP contribution >= 0.6 is 0 Å². The number of benzene rings is 2. The van der Waals surface area contributed by atoms with Crippen LogP contribution in [0.5, 0.6) is 0 Å². The summed E-state index contributed by atoms with van der Waals surface area (Å²) in [6, 6.07) is 15.3. The fourth-order valence-electron chi connectivity index (χ4n) is 2.32. The topological polar surface area (TPSA) is 54.4 Å². The highest BCUT2D eigenvalue weighted by molar-refractivity contribution is 7.86. The molecule has 22 heavy (non-hydrogen) atoms. The van der Waals surface area contributed by atoms with Crippen LogP contribution in [0.1, 0.15) is 16.7 Å². The van der Waals surface area contributed by atoms with Crippen LogP contribution in [-0.2, 0) is 16.5 Å². The van der Waals surface area contributed by atoms with Crippen molar-refractivity contribution in [1.82, 2.24) is 0 Å². The van der Waals surface area contributed by atoms with E-state index in [2.05, 4.69) is 49.4 Å². The van der Waals surface area contributed by atoms with E-state index in [9.17, 15) is 13.2 Å². The first-order valence-electron chi connectivity index (χ1n) is 6.32. The second-order valence-corrected chi connectivity index (χ2v) is 6.27. The zero-order valence-corrected chi connectivity index (χ0v) is 12.4. The third-order valence-electron chi connectivity index (χ3n) is 3.38. The third kappa shape index (κ3) is 3.31. The molecule has 2 aromatic rings. The molecule has 2 aromatic carbocycles. The summed E-state index contributed by atoms with van der Waals surface area (Å²) in [5, 5.41) is 0. The van der Waals surface area contributed by atoms with Gasteiger partial charge in [-0.05, 0) is 41.2 Å². The summed E-state index contributed by atoms with van der Waals surface area (Å²) in [6.45, 7) is 2.20. The minimum atomic E-state index is -5.84. The lowest BCUT2D eigenvalue weighted by atomic mass is 10.0. The molecule has 7 heteroatoms. The number of hydrogen-bond acceptors (Lipinski definition) is 2. The molecular formula is C15H13F3O3S. The van der Waals surface area contributed by atoms with Crippen LogP contribution in [-0.4, -0.2) is 18.5 Å². The van der Waals surface area contributed by atoms with Crippen LogP contribution in [0, 0.1) is 6.92 Å². The molecule has 1 aliphatic carbocycles. The Hall–Kier alpha value is -1.86. The Bertz CT molecular complexity index is 796. The minimum Gasteiger partial charge on any atom is -0.279 e. The SMILES string of the molecule is Cc1cccc2c1Cc1ccccc1-2.O=S(=O)(O)C(F)(F)F. The average Bonchev–Trinajstić information content (AvgIpc) is 2.78. The van der Waals surface area contributed by atoms with E-state index in [0.29, 0.717) is 0 Å². The Balaban J connectivity index is 0.000000192. The van der Waals surface area contributed by atoms with Gasteiger partial charge in [0.1, 0.15) is 0 Å². The van der Waals surface area contributed by atoms with E-state index in [-0.39, 0.29) is 0 Å². The van der Waals surface area contributed by atoms with Crippen molar-refractivity contribution < 1.29 is 26.1 Å². The molecule has 0 aromatic heterocycles. The predicted octanol–water partition coefficient (Wildman–Crippen LogP) is 3.96. The lowest BCUT2D eigenvalue weighted by molar-refractivity contribution is -0.0510. The quantitative estimate of drug-likeness (QED) is 0.501. The van der Waals surface area contributed by atoms with Crippen LogP contribution in [0.25, 0.3) is 11.1 Å². The molecule has 0 amide bonds. The first kappa shape index (κ1) is 16.5. The van der Waals surface area contributed by atoms with E-state index in [4.69, 9.17) is 13.0 Å². The number of aryl methyl sites for hydroxylation is 1. The molecule has 0 fully saturated rings. The molecule has 3 nitrogen and oxygen atoms in total. The van der Waals surface area contributed by atoms with Crippen LogP contribution in [0.2, 0.25) is 0 Å². The van der Waals surface area contributed by atoms with Gasteiger partial charge in [-0.15, -0.1) is 0 Å². The molecule has 0 spiro atoms. The summed E-state index contributed by atoms with van der Waals surface area (Å²) in [5.41, 5.74) is 1.71. The standard InChI is InChI=1S/C14H12.CHF3O3S/c1-10-5-4-8-13-12-7-3-2-6-11(12)9-14(10)13;2-1(3,4)8(5,6)7/h2-8H,9H2,1H3;(H,5,6,7). The van der Waals surface area contributed by atoms with E-state index in [1.165, 1.54) is 27.8 Å². The fraction of sp³-hybridized carbons (Fsp3) is 0.200. The highest BCUT2D eigenvalue weighted by Gasteiger charge is 2.44. The van der Waals surface area contributed by atoms with Crippen molar-refractivity contribution in [2.24, 2.45) is 0 Å². The molecule has 3 rings (SSSR count). The van der Waals surface area contributed by atoms with Crippen molar-refractivity contribution in [3.05, 3.63) is 59.2 Å². The van der Waals surface area contributed by atoms with Crippen molar-refractivity contribution in [3.8, 4) is 11.1 Å². The molecular weight excluding hydrogens is 317 g/mol. The first-order valence-corrected chi connectivity index (χ1v) is 7.76. The lowest BCUT2D eigenvalue weighted by Gasteiger charge is -2.02. The molecule has 0 saturated carbocycles. The maximum Gasteiger partial charge on any atom is 0.522 e. The van der Waals surface area contributed by atoms with Gasteiger partial charge in [0.25, 0.3) is 0 Å². The number of rotatable bonds is 0.